The first-order valence-corrected chi connectivity index (χ1v) is 8.16. The zero-order chi connectivity index (χ0) is 15.4. The SMILES string of the molecule is CCC1NC(c2ccccc2C)N(CCCC(C)C)C1=O. The number of hydrogen-bond donors (Lipinski definition) is 1. The second-order valence-corrected chi connectivity index (χ2v) is 6.45. The zero-order valence-corrected chi connectivity index (χ0v) is 13.7. The van der Waals surface area contributed by atoms with Crippen LogP contribution in [0.25, 0.3) is 0 Å². The number of rotatable bonds is 6. The van der Waals surface area contributed by atoms with Crippen LogP contribution in [-0.4, -0.2) is 23.4 Å². The van der Waals surface area contributed by atoms with Crippen molar-refractivity contribution >= 4 is 5.91 Å². The average molecular weight is 288 g/mol. The van der Waals surface area contributed by atoms with E-state index in [0.29, 0.717) is 5.92 Å². The van der Waals surface area contributed by atoms with Crippen LogP contribution < -0.4 is 5.32 Å². The van der Waals surface area contributed by atoms with Gasteiger partial charge in [-0.05, 0) is 43.2 Å². The number of nitrogens with zero attached hydrogens (tertiary/aromatic N) is 1. The molecule has 0 aromatic heterocycles. The van der Waals surface area contributed by atoms with Crippen LogP contribution in [0.4, 0.5) is 0 Å². The van der Waals surface area contributed by atoms with Crippen molar-refractivity contribution in [1.82, 2.24) is 10.2 Å². The quantitative estimate of drug-likeness (QED) is 0.866. The molecular weight excluding hydrogens is 260 g/mol. The highest BCUT2D eigenvalue weighted by molar-refractivity contribution is 5.84. The van der Waals surface area contributed by atoms with Crippen molar-refractivity contribution in [3.63, 3.8) is 0 Å². The highest BCUT2D eigenvalue weighted by atomic mass is 16.2. The molecule has 0 aliphatic carbocycles. The van der Waals surface area contributed by atoms with Gasteiger partial charge in [0.15, 0.2) is 0 Å². The third-order valence-electron chi connectivity index (χ3n) is 4.32. The van der Waals surface area contributed by atoms with Gasteiger partial charge in [0.1, 0.15) is 6.17 Å². The third kappa shape index (κ3) is 3.65. The first-order chi connectivity index (χ1) is 10.0. The normalized spacial score (nSPS) is 22.3. The molecule has 0 saturated carbocycles. The Kier molecular flexibility index (Phi) is 5.40. The summed E-state index contributed by atoms with van der Waals surface area (Å²) in [6.07, 6.45) is 3.13. The van der Waals surface area contributed by atoms with Crippen LogP contribution in [-0.2, 0) is 4.79 Å². The van der Waals surface area contributed by atoms with E-state index in [9.17, 15) is 4.79 Å². The second kappa shape index (κ2) is 7.08. The Morgan fingerprint density at radius 1 is 1.29 bits per heavy atom. The number of benzene rings is 1. The first kappa shape index (κ1) is 16.0. The molecule has 1 amide bonds. The number of hydrogen-bond acceptors (Lipinski definition) is 2. The minimum Gasteiger partial charge on any atom is -0.322 e. The molecule has 1 aliphatic heterocycles. The number of amides is 1. The van der Waals surface area contributed by atoms with Crippen LogP contribution in [0.5, 0.6) is 0 Å². The van der Waals surface area contributed by atoms with E-state index in [4.69, 9.17) is 0 Å². The van der Waals surface area contributed by atoms with Gasteiger partial charge in [0.25, 0.3) is 0 Å². The minimum atomic E-state index is -0.0337. The van der Waals surface area contributed by atoms with Gasteiger partial charge in [-0.3, -0.25) is 10.1 Å². The summed E-state index contributed by atoms with van der Waals surface area (Å²) >= 11 is 0. The Morgan fingerprint density at radius 2 is 2.00 bits per heavy atom. The Bertz CT molecular complexity index is 484. The van der Waals surface area contributed by atoms with Crippen molar-refractivity contribution in [2.75, 3.05) is 6.54 Å². The molecule has 0 radical (unpaired) electrons. The molecule has 1 aromatic rings. The Balaban J connectivity index is 2.16. The van der Waals surface area contributed by atoms with Crippen molar-refractivity contribution in [3.8, 4) is 0 Å². The summed E-state index contributed by atoms with van der Waals surface area (Å²) in [5.41, 5.74) is 2.47. The molecule has 1 fully saturated rings. The van der Waals surface area contributed by atoms with Crippen LogP contribution >= 0.6 is 0 Å². The fourth-order valence-corrected chi connectivity index (χ4v) is 3.03. The molecule has 1 aromatic carbocycles. The predicted octanol–water partition coefficient (Wildman–Crippen LogP) is 3.64. The van der Waals surface area contributed by atoms with E-state index < -0.39 is 0 Å². The number of nitrogens with one attached hydrogen (secondary N) is 1. The molecule has 0 bridgehead atoms. The summed E-state index contributed by atoms with van der Waals surface area (Å²) in [5, 5.41) is 3.51. The molecular formula is C18H28N2O. The molecule has 2 rings (SSSR count). The van der Waals surface area contributed by atoms with Gasteiger partial charge in [-0.15, -0.1) is 0 Å². The summed E-state index contributed by atoms with van der Waals surface area (Å²) in [4.78, 5) is 14.6. The van der Waals surface area contributed by atoms with Crippen LogP contribution in [0.2, 0.25) is 0 Å². The Morgan fingerprint density at radius 3 is 2.62 bits per heavy atom. The average Bonchev–Trinajstić information content (AvgIpc) is 2.76. The predicted molar refractivity (Wildman–Crippen MR) is 86.9 cm³/mol. The number of carbonyl (C=O) groups is 1. The van der Waals surface area contributed by atoms with Gasteiger partial charge >= 0.3 is 0 Å². The Hall–Kier alpha value is -1.35. The molecule has 1 aliphatic rings. The molecule has 1 saturated heterocycles. The summed E-state index contributed by atoms with van der Waals surface area (Å²) in [6, 6.07) is 8.32. The maximum absolute atomic E-state index is 12.6. The van der Waals surface area contributed by atoms with Crippen molar-refractivity contribution in [1.29, 1.82) is 0 Å². The largest absolute Gasteiger partial charge is 0.322 e. The molecule has 3 heteroatoms. The minimum absolute atomic E-state index is 0.0337. The van der Waals surface area contributed by atoms with E-state index in [0.717, 1.165) is 19.4 Å². The summed E-state index contributed by atoms with van der Waals surface area (Å²) in [5.74, 6) is 0.948. The standard InChI is InChI=1S/C18H28N2O/c1-5-16-18(21)20(12-8-9-13(2)3)17(19-16)15-11-7-6-10-14(15)4/h6-7,10-11,13,16-17,19H,5,8-9,12H2,1-4H3. The van der Waals surface area contributed by atoms with Crippen molar-refractivity contribution in [2.45, 2.75) is 59.2 Å². The maximum atomic E-state index is 12.6. The van der Waals surface area contributed by atoms with E-state index in [-0.39, 0.29) is 18.1 Å². The monoisotopic (exact) mass is 288 g/mol. The van der Waals surface area contributed by atoms with E-state index >= 15 is 0 Å². The van der Waals surface area contributed by atoms with Crippen LogP contribution in [0.1, 0.15) is 57.3 Å². The molecule has 21 heavy (non-hydrogen) atoms. The molecule has 2 unspecified atom stereocenters. The smallest absolute Gasteiger partial charge is 0.241 e. The van der Waals surface area contributed by atoms with Gasteiger partial charge in [-0.25, -0.2) is 0 Å². The van der Waals surface area contributed by atoms with Gasteiger partial charge in [0.05, 0.1) is 6.04 Å². The molecule has 1 N–H and O–H groups in total. The van der Waals surface area contributed by atoms with Gasteiger partial charge in [-0.1, -0.05) is 45.0 Å². The van der Waals surface area contributed by atoms with E-state index in [1.165, 1.54) is 17.5 Å². The fourth-order valence-electron chi connectivity index (χ4n) is 3.03. The maximum Gasteiger partial charge on any atom is 0.241 e. The summed E-state index contributed by atoms with van der Waals surface area (Å²) in [6.45, 7) is 9.50. The fraction of sp³-hybridized carbons (Fsp3) is 0.611. The lowest BCUT2D eigenvalue weighted by atomic mass is 10.0. The van der Waals surface area contributed by atoms with Crippen molar-refractivity contribution < 1.29 is 4.79 Å². The van der Waals surface area contributed by atoms with E-state index in [1.54, 1.807) is 0 Å². The second-order valence-electron chi connectivity index (χ2n) is 6.45. The Labute approximate surface area is 128 Å². The first-order valence-electron chi connectivity index (χ1n) is 8.16. The number of aryl methyl sites for hydroxylation is 1. The van der Waals surface area contributed by atoms with Crippen molar-refractivity contribution in [3.05, 3.63) is 35.4 Å². The zero-order valence-electron chi connectivity index (χ0n) is 13.7. The van der Waals surface area contributed by atoms with Crippen LogP contribution in [0.3, 0.4) is 0 Å². The van der Waals surface area contributed by atoms with Gasteiger partial charge in [0.2, 0.25) is 5.91 Å². The highest BCUT2D eigenvalue weighted by Crippen LogP contribution is 2.29. The molecule has 0 spiro atoms. The highest BCUT2D eigenvalue weighted by Gasteiger charge is 2.38. The molecule has 2 atom stereocenters. The van der Waals surface area contributed by atoms with Gasteiger partial charge < -0.3 is 4.90 Å². The summed E-state index contributed by atoms with van der Waals surface area (Å²) in [7, 11) is 0. The molecule has 3 nitrogen and oxygen atoms in total. The van der Waals surface area contributed by atoms with E-state index in [2.05, 4.69) is 57.3 Å². The molecule has 1 heterocycles. The topological polar surface area (TPSA) is 32.3 Å². The van der Waals surface area contributed by atoms with Crippen LogP contribution in [0.15, 0.2) is 24.3 Å². The number of carbonyl (C=O) groups excluding carboxylic acids is 1. The lowest BCUT2D eigenvalue weighted by Crippen LogP contribution is -2.32. The summed E-state index contributed by atoms with van der Waals surface area (Å²) < 4.78 is 0. The third-order valence-corrected chi connectivity index (χ3v) is 4.32. The lowest BCUT2D eigenvalue weighted by molar-refractivity contribution is -0.130. The van der Waals surface area contributed by atoms with Crippen LogP contribution in [0, 0.1) is 12.8 Å². The van der Waals surface area contributed by atoms with E-state index in [1.807, 2.05) is 4.90 Å². The van der Waals surface area contributed by atoms with Gasteiger partial charge in [-0.2, -0.15) is 0 Å². The lowest BCUT2D eigenvalue weighted by Gasteiger charge is -2.26. The van der Waals surface area contributed by atoms with Gasteiger partial charge in [0, 0.05) is 6.54 Å². The molecule has 116 valence electrons. The van der Waals surface area contributed by atoms with Crippen molar-refractivity contribution in [2.24, 2.45) is 5.92 Å².